The molecule has 2 N–H and O–H groups in total. The summed E-state index contributed by atoms with van der Waals surface area (Å²) in [4.78, 5) is 23.1. The van der Waals surface area contributed by atoms with Gasteiger partial charge in [-0.3, -0.25) is 4.79 Å². The molecule has 0 spiro atoms. The third-order valence-corrected chi connectivity index (χ3v) is 3.68. The van der Waals surface area contributed by atoms with Crippen molar-refractivity contribution in [2.45, 2.75) is 0 Å². The molecule has 20 heavy (non-hydrogen) atoms. The maximum atomic E-state index is 12.1. The molecule has 0 atom stereocenters. The van der Waals surface area contributed by atoms with Gasteiger partial charge in [0, 0.05) is 4.47 Å². The molecule has 2 heterocycles. The zero-order chi connectivity index (χ0) is 14.3. The number of rotatable bonds is 1. The van der Waals surface area contributed by atoms with Gasteiger partial charge in [0.15, 0.2) is 16.7 Å². The Balaban J connectivity index is 2.29. The van der Waals surface area contributed by atoms with Gasteiger partial charge in [0.1, 0.15) is 5.69 Å². The van der Waals surface area contributed by atoms with Crippen LogP contribution in [-0.4, -0.2) is 20.1 Å². The summed E-state index contributed by atoms with van der Waals surface area (Å²) in [5, 5.41) is 9.80. The fourth-order valence-electron chi connectivity index (χ4n) is 1.81. The Morgan fingerprint density at radius 1 is 1.20 bits per heavy atom. The predicted octanol–water partition coefficient (Wildman–Crippen LogP) is 3.11. The lowest BCUT2D eigenvalue weighted by Crippen LogP contribution is -2.10. The van der Waals surface area contributed by atoms with E-state index in [1.54, 1.807) is 18.2 Å². The average Bonchev–Trinajstić information content (AvgIpc) is 2.43. The van der Waals surface area contributed by atoms with E-state index >= 15 is 0 Å². The van der Waals surface area contributed by atoms with Gasteiger partial charge in [0.05, 0.1) is 10.9 Å². The molecule has 5 nitrogen and oxygen atoms in total. The SMILES string of the molecule is O=c1[nH]c(-c2ccc(O)c(Cl)n2)nc2c(Br)cccc12. The van der Waals surface area contributed by atoms with Crippen molar-refractivity contribution >= 4 is 38.4 Å². The van der Waals surface area contributed by atoms with Crippen LogP contribution in [0.15, 0.2) is 39.6 Å². The van der Waals surface area contributed by atoms with Crippen LogP contribution in [0.2, 0.25) is 5.15 Å². The summed E-state index contributed by atoms with van der Waals surface area (Å²) >= 11 is 9.12. The molecule has 3 rings (SSSR count). The molecule has 7 heteroatoms. The summed E-state index contributed by atoms with van der Waals surface area (Å²) in [5.74, 6) is 0.163. The van der Waals surface area contributed by atoms with E-state index in [0.717, 1.165) is 0 Å². The van der Waals surface area contributed by atoms with Crippen molar-refractivity contribution in [1.82, 2.24) is 15.0 Å². The molecule has 0 unspecified atom stereocenters. The number of hydrogen-bond acceptors (Lipinski definition) is 4. The number of aromatic nitrogens is 3. The van der Waals surface area contributed by atoms with Crippen molar-refractivity contribution in [3.63, 3.8) is 0 Å². The van der Waals surface area contributed by atoms with Crippen molar-refractivity contribution in [3.05, 3.63) is 50.3 Å². The van der Waals surface area contributed by atoms with E-state index in [0.29, 0.717) is 21.1 Å². The Labute approximate surface area is 126 Å². The largest absolute Gasteiger partial charge is 0.505 e. The zero-order valence-electron chi connectivity index (χ0n) is 9.89. The van der Waals surface area contributed by atoms with Crippen LogP contribution in [0.5, 0.6) is 5.75 Å². The second-order valence-corrected chi connectivity index (χ2v) is 5.27. The van der Waals surface area contributed by atoms with E-state index in [2.05, 4.69) is 30.9 Å². The molecule has 1 aromatic carbocycles. The summed E-state index contributed by atoms with van der Waals surface area (Å²) in [6.45, 7) is 0. The first-order chi connectivity index (χ1) is 9.56. The Morgan fingerprint density at radius 3 is 2.75 bits per heavy atom. The van der Waals surface area contributed by atoms with Crippen LogP contribution >= 0.6 is 27.5 Å². The van der Waals surface area contributed by atoms with E-state index in [4.69, 9.17) is 11.6 Å². The highest BCUT2D eigenvalue weighted by atomic mass is 79.9. The quantitative estimate of drug-likeness (QED) is 0.660. The van der Waals surface area contributed by atoms with Crippen LogP contribution in [0.3, 0.4) is 0 Å². The number of nitrogens with zero attached hydrogens (tertiary/aromatic N) is 2. The highest BCUT2D eigenvalue weighted by Gasteiger charge is 2.10. The van der Waals surface area contributed by atoms with Crippen LogP contribution in [0, 0.1) is 0 Å². The first-order valence-electron chi connectivity index (χ1n) is 5.60. The standard InChI is InChI=1S/C13H7BrClN3O2/c14-7-3-1-2-6-10(7)17-12(18-13(6)20)8-4-5-9(19)11(15)16-8/h1-5,19H,(H,17,18,20). The summed E-state index contributed by atoms with van der Waals surface area (Å²) in [5.41, 5.74) is 0.650. The Hall–Kier alpha value is -1.92. The first-order valence-corrected chi connectivity index (χ1v) is 6.78. The summed E-state index contributed by atoms with van der Waals surface area (Å²) < 4.78 is 0.715. The van der Waals surface area contributed by atoms with Gasteiger partial charge in [-0.15, -0.1) is 0 Å². The van der Waals surface area contributed by atoms with Gasteiger partial charge in [-0.25, -0.2) is 9.97 Å². The van der Waals surface area contributed by atoms with Crippen molar-refractivity contribution in [3.8, 4) is 17.3 Å². The molecule has 0 saturated heterocycles. The third kappa shape index (κ3) is 2.17. The summed E-state index contributed by atoms with van der Waals surface area (Å²) in [6.07, 6.45) is 0. The van der Waals surface area contributed by atoms with Crippen molar-refractivity contribution in [2.75, 3.05) is 0 Å². The summed E-state index contributed by atoms with van der Waals surface area (Å²) in [7, 11) is 0. The molecule has 0 amide bonds. The monoisotopic (exact) mass is 351 g/mol. The Bertz CT molecular complexity index is 879. The number of para-hydroxylation sites is 1. The van der Waals surface area contributed by atoms with Crippen molar-refractivity contribution < 1.29 is 5.11 Å². The van der Waals surface area contributed by atoms with Gasteiger partial charge in [0.2, 0.25) is 0 Å². The minimum absolute atomic E-state index is 0.0441. The van der Waals surface area contributed by atoms with Crippen LogP contribution < -0.4 is 5.56 Å². The lowest BCUT2D eigenvalue weighted by atomic mass is 10.2. The number of benzene rings is 1. The number of halogens is 2. The zero-order valence-corrected chi connectivity index (χ0v) is 12.2. The highest BCUT2D eigenvalue weighted by Crippen LogP contribution is 2.25. The van der Waals surface area contributed by atoms with E-state index in [9.17, 15) is 9.90 Å². The molecular weight excluding hydrogens is 346 g/mol. The van der Waals surface area contributed by atoms with Crippen LogP contribution in [-0.2, 0) is 0 Å². The fraction of sp³-hybridized carbons (Fsp3) is 0. The fourth-order valence-corrected chi connectivity index (χ4v) is 2.42. The van der Waals surface area contributed by atoms with E-state index in [1.807, 2.05) is 0 Å². The average molecular weight is 353 g/mol. The Morgan fingerprint density at radius 2 is 2.00 bits per heavy atom. The molecule has 3 aromatic rings. The van der Waals surface area contributed by atoms with E-state index in [-0.39, 0.29) is 22.3 Å². The predicted molar refractivity (Wildman–Crippen MR) is 80.0 cm³/mol. The number of pyridine rings is 1. The first kappa shape index (κ1) is 13.1. The molecule has 0 radical (unpaired) electrons. The van der Waals surface area contributed by atoms with Gasteiger partial charge in [0.25, 0.3) is 5.56 Å². The third-order valence-electron chi connectivity index (χ3n) is 2.76. The second-order valence-electron chi connectivity index (χ2n) is 4.06. The van der Waals surface area contributed by atoms with Crippen LogP contribution in [0.4, 0.5) is 0 Å². The number of nitrogens with one attached hydrogen (secondary N) is 1. The smallest absolute Gasteiger partial charge is 0.259 e. The molecule has 0 aliphatic carbocycles. The van der Waals surface area contributed by atoms with E-state index in [1.165, 1.54) is 12.1 Å². The number of H-pyrrole nitrogens is 1. The molecule has 100 valence electrons. The number of fused-ring (bicyclic) bond motifs is 1. The topological polar surface area (TPSA) is 78.9 Å². The van der Waals surface area contributed by atoms with Gasteiger partial charge in [-0.1, -0.05) is 17.7 Å². The van der Waals surface area contributed by atoms with Crippen molar-refractivity contribution in [1.29, 1.82) is 0 Å². The lowest BCUT2D eigenvalue weighted by Gasteiger charge is -2.04. The minimum atomic E-state index is -0.266. The van der Waals surface area contributed by atoms with Gasteiger partial charge in [-0.2, -0.15) is 0 Å². The molecule has 0 bridgehead atoms. The number of hydrogen-bond donors (Lipinski definition) is 2. The van der Waals surface area contributed by atoms with E-state index < -0.39 is 0 Å². The highest BCUT2D eigenvalue weighted by molar-refractivity contribution is 9.10. The molecule has 0 aliphatic rings. The summed E-state index contributed by atoms with van der Waals surface area (Å²) in [6, 6.07) is 8.18. The minimum Gasteiger partial charge on any atom is -0.505 e. The number of aromatic amines is 1. The second kappa shape index (κ2) is 4.88. The van der Waals surface area contributed by atoms with Crippen LogP contribution in [0.25, 0.3) is 22.4 Å². The number of aromatic hydroxyl groups is 1. The normalized spacial score (nSPS) is 10.9. The van der Waals surface area contributed by atoms with Crippen molar-refractivity contribution in [2.24, 2.45) is 0 Å². The molecule has 0 fully saturated rings. The lowest BCUT2D eigenvalue weighted by molar-refractivity contribution is 0.473. The van der Waals surface area contributed by atoms with Gasteiger partial charge >= 0.3 is 0 Å². The maximum absolute atomic E-state index is 12.1. The molecular formula is C13H7BrClN3O2. The molecule has 0 saturated carbocycles. The Kier molecular flexibility index (Phi) is 3.19. The van der Waals surface area contributed by atoms with Gasteiger partial charge in [-0.05, 0) is 40.2 Å². The van der Waals surface area contributed by atoms with Crippen LogP contribution in [0.1, 0.15) is 0 Å². The maximum Gasteiger partial charge on any atom is 0.259 e. The van der Waals surface area contributed by atoms with Gasteiger partial charge < -0.3 is 10.1 Å². The molecule has 0 aliphatic heterocycles. The molecule has 2 aromatic heterocycles.